The average Bonchev–Trinajstić information content (AvgIpc) is 2.98. The van der Waals surface area contributed by atoms with Crippen LogP contribution in [-0.4, -0.2) is 58.9 Å². The summed E-state index contributed by atoms with van der Waals surface area (Å²) in [6.45, 7) is 0.779. The molecule has 0 spiro atoms. The molecule has 0 N–H and O–H groups in total. The van der Waals surface area contributed by atoms with Gasteiger partial charge in [0.25, 0.3) is 0 Å². The predicted molar refractivity (Wildman–Crippen MR) is 99.4 cm³/mol. The number of urea groups is 1. The number of benzene rings is 2. The van der Waals surface area contributed by atoms with E-state index in [1.165, 1.54) is 4.90 Å². The van der Waals surface area contributed by atoms with Crippen LogP contribution in [0.2, 0.25) is 0 Å². The number of fused-ring (bicyclic) bond motifs is 1. The van der Waals surface area contributed by atoms with Crippen LogP contribution in [0.25, 0.3) is 0 Å². The molecule has 2 aromatic carbocycles. The molecular weight excluding hydrogens is 364 g/mol. The Hall–Kier alpha value is -2.96. The average molecular weight is 385 g/mol. The number of amides is 3. The van der Waals surface area contributed by atoms with Gasteiger partial charge in [-0.2, -0.15) is 0 Å². The van der Waals surface area contributed by atoms with Crippen molar-refractivity contribution < 1.29 is 18.4 Å². The fourth-order valence-electron chi connectivity index (χ4n) is 4.08. The van der Waals surface area contributed by atoms with Gasteiger partial charge >= 0.3 is 6.03 Å². The van der Waals surface area contributed by atoms with Crippen LogP contribution < -0.4 is 0 Å². The molecule has 0 saturated carbocycles. The molecule has 0 aliphatic carbocycles. The quantitative estimate of drug-likeness (QED) is 0.812. The number of carbonyl (C=O) groups is 2. The Morgan fingerprint density at radius 1 is 1.04 bits per heavy atom. The zero-order chi connectivity index (χ0) is 19.8. The Bertz CT molecular complexity index is 906. The molecule has 5 nitrogen and oxygen atoms in total. The zero-order valence-electron chi connectivity index (χ0n) is 15.5. The van der Waals surface area contributed by atoms with E-state index in [2.05, 4.69) is 0 Å². The second kappa shape index (κ2) is 7.22. The number of hydrogen-bond donors (Lipinski definition) is 0. The molecule has 2 aliphatic heterocycles. The number of carbonyl (C=O) groups excluding carboxylic acids is 2. The summed E-state index contributed by atoms with van der Waals surface area (Å²) in [5.74, 6) is -1.20. The molecule has 7 heteroatoms. The van der Waals surface area contributed by atoms with Crippen molar-refractivity contribution in [3.63, 3.8) is 0 Å². The van der Waals surface area contributed by atoms with Gasteiger partial charge in [-0.05, 0) is 23.8 Å². The first kappa shape index (κ1) is 18.4. The van der Waals surface area contributed by atoms with Gasteiger partial charge in [-0.1, -0.05) is 30.3 Å². The van der Waals surface area contributed by atoms with E-state index in [1.807, 2.05) is 30.3 Å². The molecule has 0 radical (unpaired) electrons. The molecular formula is C21H21F2N3O2. The summed E-state index contributed by atoms with van der Waals surface area (Å²) in [4.78, 5) is 30.6. The maximum atomic E-state index is 14.0. The highest BCUT2D eigenvalue weighted by Gasteiger charge is 2.48. The van der Waals surface area contributed by atoms with Gasteiger partial charge < -0.3 is 14.7 Å². The van der Waals surface area contributed by atoms with E-state index in [-0.39, 0.29) is 30.1 Å². The third-order valence-corrected chi connectivity index (χ3v) is 5.44. The standard InChI is InChI=1S/C21H21F2N3O2/c1-24-12-17-13-25(11-15-10-16(22)7-8-18(15)23)21(28)26(17)19(20(24)27)9-14-5-3-2-4-6-14/h2-8,10,17,19H,9,11-13H2,1H3/t17-,19-/m0/s1. The molecule has 2 heterocycles. The summed E-state index contributed by atoms with van der Waals surface area (Å²) in [5, 5.41) is 0. The van der Waals surface area contributed by atoms with Gasteiger partial charge in [0.15, 0.2) is 0 Å². The smallest absolute Gasteiger partial charge is 0.321 e. The fourth-order valence-corrected chi connectivity index (χ4v) is 4.08. The highest BCUT2D eigenvalue weighted by Crippen LogP contribution is 2.28. The number of nitrogens with zero attached hydrogens (tertiary/aromatic N) is 3. The highest BCUT2D eigenvalue weighted by atomic mass is 19.1. The lowest BCUT2D eigenvalue weighted by Gasteiger charge is -2.40. The molecule has 2 fully saturated rings. The molecule has 0 bridgehead atoms. The summed E-state index contributed by atoms with van der Waals surface area (Å²) in [6, 6.07) is 11.7. The lowest BCUT2D eigenvalue weighted by molar-refractivity contribution is -0.139. The molecule has 28 heavy (non-hydrogen) atoms. The number of piperazine rings is 1. The van der Waals surface area contributed by atoms with Crippen LogP contribution in [0.4, 0.5) is 13.6 Å². The van der Waals surface area contributed by atoms with E-state index in [9.17, 15) is 18.4 Å². The fraction of sp³-hybridized carbons (Fsp3) is 0.333. The minimum Gasteiger partial charge on any atom is -0.342 e. The van der Waals surface area contributed by atoms with Crippen LogP contribution in [0.1, 0.15) is 11.1 Å². The lowest BCUT2D eigenvalue weighted by atomic mass is 9.99. The van der Waals surface area contributed by atoms with Gasteiger partial charge in [0.2, 0.25) is 5.91 Å². The van der Waals surface area contributed by atoms with E-state index in [4.69, 9.17) is 0 Å². The first-order chi connectivity index (χ1) is 13.4. The van der Waals surface area contributed by atoms with E-state index in [1.54, 1.807) is 16.8 Å². The molecule has 0 aromatic heterocycles. The maximum absolute atomic E-state index is 14.0. The van der Waals surface area contributed by atoms with Crippen LogP contribution in [0, 0.1) is 11.6 Å². The normalized spacial score (nSPS) is 22.0. The molecule has 3 amide bonds. The summed E-state index contributed by atoms with van der Waals surface area (Å²) >= 11 is 0. The van der Waals surface area contributed by atoms with Gasteiger partial charge in [-0.15, -0.1) is 0 Å². The first-order valence-electron chi connectivity index (χ1n) is 9.24. The molecule has 2 aliphatic rings. The van der Waals surface area contributed by atoms with Crippen molar-refractivity contribution in [2.24, 2.45) is 0 Å². The minimum absolute atomic E-state index is 0.0224. The second-order valence-corrected chi connectivity index (χ2v) is 7.38. The largest absolute Gasteiger partial charge is 0.342 e. The molecule has 146 valence electrons. The van der Waals surface area contributed by atoms with Gasteiger partial charge in [0.05, 0.1) is 12.6 Å². The predicted octanol–water partition coefficient (Wildman–Crippen LogP) is 2.65. The molecule has 0 unspecified atom stereocenters. The van der Waals surface area contributed by atoms with Crippen LogP contribution in [0.3, 0.4) is 0 Å². The van der Waals surface area contributed by atoms with Crippen molar-refractivity contribution >= 4 is 11.9 Å². The Balaban J connectivity index is 1.58. The second-order valence-electron chi connectivity index (χ2n) is 7.38. The van der Waals surface area contributed by atoms with Gasteiger partial charge in [0.1, 0.15) is 17.7 Å². The van der Waals surface area contributed by atoms with E-state index < -0.39 is 17.7 Å². The number of hydrogen-bond acceptors (Lipinski definition) is 2. The summed E-state index contributed by atoms with van der Waals surface area (Å²) in [6.07, 6.45) is 0.425. The Morgan fingerprint density at radius 3 is 2.54 bits per heavy atom. The Morgan fingerprint density at radius 2 is 1.79 bits per heavy atom. The molecule has 2 aromatic rings. The number of likely N-dealkylation sites (N-methyl/N-ethyl adjacent to an activating group) is 1. The van der Waals surface area contributed by atoms with Crippen LogP contribution in [0.15, 0.2) is 48.5 Å². The lowest BCUT2D eigenvalue weighted by Crippen LogP contribution is -2.60. The van der Waals surface area contributed by atoms with Crippen molar-refractivity contribution in [2.75, 3.05) is 20.1 Å². The van der Waals surface area contributed by atoms with Gasteiger partial charge in [0, 0.05) is 32.1 Å². The molecule has 2 saturated heterocycles. The van der Waals surface area contributed by atoms with Crippen molar-refractivity contribution in [3.8, 4) is 0 Å². The zero-order valence-corrected chi connectivity index (χ0v) is 15.5. The monoisotopic (exact) mass is 385 g/mol. The summed E-state index contributed by atoms with van der Waals surface area (Å²) in [7, 11) is 1.73. The van der Waals surface area contributed by atoms with Crippen molar-refractivity contribution in [3.05, 3.63) is 71.3 Å². The Kier molecular flexibility index (Phi) is 4.75. The molecule has 2 atom stereocenters. The third kappa shape index (κ3) is 3.32. The van der Waals surface area contributed by atoms with E-state index in [0.29, 0.717) is 19.5 Å². The van der Waals surface area contributed by atoms with Crippen LogP contribution in [0.5, 0.6) is 0 Å². The van der Waals surface area contributed by atoms with Crippen LogP contribution in [-0.2, 0) is 17.8 Å². The van der Waals surface area contributed by atoms with Crippen molar-refractivity contribution in [1.29, 1.82) is 0 Å². The van der Waals surface area contributed by atoms with Crippen molar-refractivity contribution in [2.45, 2.75) is 25.0 Å². The topological polar surface area (TPSA) is 43.9 Å². The SMILES string of the molecule is CN1C[C@H]2CN(Cc3cc(F)ccc3F)C(=O)N2[C@@H](Cc2ccccc2)C1=O. The first-order valence-corrected chi connectivity index (χ1v) is 9.24. The van der Waals surface area contributed by atoms with Gasteiger partial charge in [-0.3, -0.25) is 4.79 Å². The van der Waals surface area contributed by atoms with E-state index in [0.717, 1.165) is 23.8 Å². The minimum atomic E-state index is -0.596. The van der Waals surface area contributed by atoms with Gasteiger partial charge in [-0.25, -0.2) is 13.6 Å². The highest BCUT2D eigenvalue weighted by molar-refractivity contribution is 5.90. The summed E-state index contributed by atoms with van der Waals surface area (Å²) < 4.78 is 27.5. The molecule has 4 rings (SSSR count). The maximum Gasteiger partial charge on any atom is 0.321 e. The number of halogens is 2. The van der Waals surface area contributed by atoms with Crippen LogP contribution >= 0.6 is 0 Å². The van der Waals surface area contributed by atoms with E-state index >= 15 is 0 Å². The summed E-state index contributed by atoms with van der Waals surface area (Å²) in [5.41, 5.74) is 1.10. The Labute approximate surface area is 162 Å². The third-order valence-electron chi connectivity index (χ3n) is 5.44. The number of rotatable bonds is 4. The van der Waals surface area contributed by atoms with Crippen molar-refractivity contribution in [1.82, 2.24) is 14.7 Å².